The molecule has 4 atom stereocenters. The SMILES string of the molecule is CC(=O)OC(C(Cc1ccccc1)NC(=O)OCc1ccccc1)C1OC(=O)NC1Cc1ccccc1. The molecular formula is C29H30N2O6. The Kier molecular flexibility index (Phi) is 8.75. The molecule has 0 radical (unpaired) electrons. The molecule has 3 aromatic carbocycles. The van der Waals surface area contributed by atoms with Crippen LogP contribution in [-0.4, -0.2) is 42.4 Å². The van der Waals surface area contributed by atoms with Crippen molar-refractivity contribution in [2.45, 2.75) is 50.7 Å². The number of ether oxygens (including phenoxy) is 3. The number of benzene rings is 3. The topological polar surface area (TPSA) is 103 Å². The van der Waals surface area contributed by atoms with Gasteiger partial charge in [0.1, 0.15) is 6.61 Å². The van der Waals surface area contributed by atoms with Gasteiger partial charge in [-0.05, 0) is 29.5 Å². The van der Waals surface area contributed by atoms with Crippen LogP contribution in [0.25, 0.3) is 0 Å². The average Bonchev–Trinajstić information content (AvgIpc) is 3.26. The van der Waals surface area contributed by atoms with Crippen LogP contribution in [0.3, 0.4) is 0 Å². The monoisotopic (exact) mass is 502 g/mol. The maximum Gasteiger partial charge on any atom is 0.407 e. The standard InChI is InChI=1S/C29H30N2O6/c1-20(32)36-26(27-25(31-29(34)37-27)18-22-13-7-3-8-14-22)24(17-21-11-5-2-6-12-21)30-28(33)35-19-23-15-9-4-10-16-23/h2-16,24-27H,17-19H2,1H3,(H,30,33)(H,31,34). The first-order valence-corrected chi connectivity index (χ1v) is 12.2. The molecule has 0 saturated carbocycles. The molecule has 0 bridgehead atoms. The van der Waals surface area contributed by atoms with Crippen LogP contribution in [-0.2, 0) is 38.5 Å². The van der Waals surface area contributed by atoms with E-state index in [1.807, 2.05) is 91.0 Å². The maximum absolute atomic E-state index is 12.9. The number of carbonyl (C=O) groups excluding carboxylic acids is 3. The predicted molar refractivity (Wildman–Crippen MR) is 137 cm³/mol. The number of esters is 1. The van der Waals surface area contributed by atoms with Crippen LogP contribution in [0.5, 0.6) is 0 Å². The summed E-state index contributed by atoms with van der Waals surface area (Å²) < 4.78 is 16.8. The van der Waals surface area contributed by atoms with Gasteiger partial charge in [-0.2, -0.15) is 0 Å². The first-order valence-electron chi connectivity index (χ1n) is 12.2. The van der Waals surface area contributed by atoms with E-state index in [9.17, 15) is 14.4 Å². The van der Waals surface area contributed by atoms with Gasteiger partial charge < -0.3 is 24.8 Å². The quantitative estimate of drug-likeness (QED) is 0.319. The van der Waals surface area contributed by atoms with E-state index in [1.54, 1.807) is 0 Å². The summed E-state index contributed by atoms with van der Waals surface area (Å²) in [5.41, 5.74) is 2.73. The van der Waals surface area contributed by atoms with E-state index in [0.717, 1.165) is 16.7 Å². The van der Waals surface area contributed by atoms with Gasteiger partial charge in [0.15, 0.2) is 12.2 Å². The minimum atomic E-state index is -0.963. The second-order valence-corrected chi connectivity index (χ2v) is 8.89. The van der Waals surface area contributed by atoms with Gasteiger partial charge in [0.2, 0.25) is 0 Å². The van der Waals surface area contributed by atoms with Crippen molar-refractivity contribution >= 4 is 18.2 Å². The number of nitrogens with one attached hydrogen (secondary N) is 2. The van der Waals surface area contributed by atoms with Crippen molar-refractivity contribution in [3.05, 3.63) is 108 Å². The molecule has 8 nitrogen and oxygen atoms in total. The van der Waals surface area contributed by atoms with E-state index in [2.05, 4.69) is 10.6 Å². The van der Waals surface area contributed by atoms with Gasteiger partial charge in [-0.15, -0.1) is 0 Å². The number of alkyl carbamates (subject to hydrolysis) is 2. The van der Waals surface area contributed by atoms with Crippen LogP contribution in [0.15, 0.2) is 91.0 Å². The molecular weight excluding hydrogens is 472 g/mol. The number of amides is 2. The zero-order valence-corrected chi connectivity index (χ0v) is 20.5. The van der Waals surface area contributed by atoms with E-state index < -0.39 is 42.4 Å². The molecule has 37 heavy (non-hydrogen) atoms. The highest BCUT2D eigenvalue weighted by Gasteiger charge is 2.45. The number of rotatable bonds is 10. The van der Waals surface area contributed by atoms with Crippen LogP contribution < -0.4 is 10.6 Å². The molecule has 1 aliphatic rings. The summed E-state index contributed by atoms with van der Waals surface area (Å²) in [5, 5.41) is 5.69. The molecule has 4 unspecified atom stereocenters. The smallest absolute Gasteiger partial charge is 0.407 e. The summed E-state index contributed by atoms with van der Waals surface area (Å²) in [6.07, 6.45) is -2.28. The fourth-order valence-corrected chi connectivity index (χ4v) is 4.41. The first-order chi connectivity index (χ1) is 18.0. The van der Waals surface area contributed by atoms with Crippen LogP contribution in [0, 0.1) is 0 Å². The average molecular weight is 503 g/mol. The molecule has 1 heterocycles. The minimum Gasteiger partial charge on any atom is -0.456 e. The zero-order valence-electron chi connectivity index (χ0n) is 20.5. The maximum atomic E-state index is 12.9. The predicted octanol–water partition coefficient (Wildman–Crippen LogP) is 4.18. The van der Waals surface area contributed by atoms with Crippen LogP contribution >= 0.6 is 0 Å². The first kappa shape index (κ1) is 25.8. The highest BCUT2D eigenvalue weighted by molar-refractivity contribution is 5.71. The van der Waals surface area contributed by atoms with Crippen molar-refractivity contribution in [2.24, 2.45) is 0 Å². The van der Waals surface area contributed by atoms with Gasteiger partial charge in [-0.1, -0.05) is 91.0 Å². The summed E-state index contributed by atoms with van der Waals surface area (Å²) in [6.45, 7) is 1.37. The largest absolute Gasteiger partial charge is 0.456 e. The Morgan fingerprint density at radius 1 is 0.892 bits per heavy atom. The fourth-order valence-electron chi connectivity index (χ4n) is 4.41. The summed E-state index contributed by atoms with van der Waals surface area (Å²) in [6, 6.07) is 27.2. The Morgan fingerprint density at radius 2 is 1.46 bits per heavy atom. The molecule has 2 amide bonds. The van der Waals surface area contributed by atoms with Crippen molar-refractivity contribution in [1.29, 1.82) is 0 Å². The number of hydrogen-bond acceptors (Lipinski definition) is 6. The Bertz CT molecular complexity index is 1170. The highest BCUT2D eigenvalue weighted by atomic mass is 16.6. The lowest BCUT2D eigenvalue weighted by molar-refractivity contribution is -0.154. The van der Waals surface area contributed by atoms with Gasteiger partial charge in [-0.3, -0.25) is 4.79 Å². The van der Waals surface area contributed by atoms with Gasteiger partial charge >= 0.3 is 18.2 Å². The zero-order chi connectivity index (χ0) is 26.0. The molecule has 2 N–H and O–H groups in total. The van der Waals surface area contributed by atoms with E-state index in [1.165, 1.54) is 6.92 Å². The molecule has 1 fully saturated rings. The van der Waals surface area contributed by atoms with Crippen molar-refractivity contribution in [3.8, 4) is 0 Å². The van der Waals surface area contributed by atoms with Crippen LogP contribution in [0.4, 0.5) is 9.59 Å². The molecule has 0 aliphatic carbocycles. The van der Waals surface area contributed by atoms with Crippen LogP contribution in [0.2, 0.25) is 0 Å². The number of hydrogen-bond donors (Lipinski definition) is 2. The van der Waals surface area contributed by atoms with Crippen molar-refractivity contribution in [1.82, 2.24) is 10.6 Å². The van der Waals surface area contributed by atoms with Gasteiger partial charge in [0, 0.05) is 6.92 Å². The third-order valence-corrected chi connectivity index (χ3v) is 6.08. The molecule has 192 valence electrons. The third-order valence-electron chi connectivity index (χ3n) is 6.08. The summed E-state index contributed by atoms with van der Waals surface area (Å²) in [5.74, 6) is -0.552. The van der Waals surface area contributed by atoms with Crippen molar-refractivity contribution < 1.29 is 28.6 Å². The van der Waals surface area contributed by atoms with Gasteiger partial charge in [0.05, 0.1) is 12.1 Å². The highest BCUT2D eigenvalue weighted by Crippen LogP contribution is 2.24. The Morgan fingerprint density at radius 3 is 2.05 bits per heavy atom. The summed E-state index contributed by atoms with van der Waals surface area (Å²) >= 11 is 0. The van der Waals surface area contributed by atoms with E-state index in [0.29, 0.717) is 12.8 Å². The van der Waals surface area contributed by atoms with E-state index in [4.69, 9.17) is 14.2 Å². The fraction of sp³-hybridized carbons (Fsp3) is 0.276. The third kappa shape index (κ3) is 7.57. The summed E-state index contributed by atoms with van der Waals surface area (Å²) in [7, 11) is 0. The lowest BCUT2D eigenvalue weighted by Gasteiger charge is -2.32. The Balaban J connectivity index is 1.57. The second-order valence-electron chi connectivity index (χ2n) is 8.89. The van der Waals surface area contributed by atoms with Crippen molar-refractivity contribution in [2.75, 3.05) is 0 Å². The lowest BCUT2D eigenvalue weighted by atomic mass is 9.91. The number of cyclic esters (lactones) is 1. The number of carbonyl (C=O) groups is 3. The lowest BCUT2D eigenvalue weighted by Crippen LogP contribution is -2.55. The minimum absolute atomic E-state index is 0.0829. The van der Waals surface area contributed by atoms with E-state index >= 15 is 0 Å². The Labute approximate surface area is 215 Å². The van der Waals surface area contributed by atoms with Gasteiger partial charge in [0.25, 0.3) is 0 Å². The molecule has 1 aliphatic heterocycles. The molecule has 8 heteroatoms. The molecule has 3 aromatic rings. The molecule has 1 saturated heterocycles. The molecule has 4 rings (SSSR count). The van der Waals surface area contributed by atoms with Crippen molar-refractivity contribution in [3.63, 3.8) is 0 Å². The molecule has 0 spiro atoms. The van der Waals surface area contributed by atoms with Crippen LogP contribution in [0.1, 0.15) is 23.6 Å². The molecule has 0 aromatic heterocycles. The summed E-state index contributed by atoms with van der Waals surface area (Å²) in [4.78, 5) is 37.4. The normalized spacial score (nSPS) is 18.1. The Hall–Kier alpha value is -4.33. The van der Waals surface area contributed by atoms with E-state index in [-0.39, 0.29) is 6.61 Å². The van der Waals surface area contributed by atoms with Gasteiger partial charge in [-0.25, -0.2) is 9.59 Å². The second kappa shape index (κ2) is 12.6.